The number of aliphatic imine (C=N–C) groups is 1. The van der Waals surface area contributed by atoms with Crippen molar-refractivity contribution in [3.05, 3.63) is 29.8 Å². The Bertz CT molecular complexity index is 461. The van der Waals surface area contributed by atoms with Crippen molar-refractivity contribution in [1.82, 2.24) is 5.32 Å². The van der Waals surface area contributed by atoms with E-state index in [4.69, 9.17) is 10.5 Å². The highest BCUT2D eigenvalue weighted by Crippen LogP contribution is 2.31. The first kappa shape index (κ1) is 18.1. The summed E-state index contributed by atoms with van der Waals surface area (Å²) >= 11 is 0. The van der Waals surface area contributed by atoms with Gasteiger partial charge in [0.15, 0.2) is 5.96 Å². The summed E-state index contributed by atoms with van der Waals surface area (Å²) in [4.78, 5) is 4.48. The number of nitrogens with two attached hydrogens (primary N) is 1. The van der Waals surface area contributed by atoms with Gasteiger partial charge in [0.2, 0.25) is 0 Å². The van der Waals surface area contributed by atoms with E-state index in [2.05, 4.69) is 30.2 Å². The number of benzene rings is 1. The van der Waals surface area contributed by atoms with E-state index in [1.54, 1.807) is 0 Å². The molecule has 1 atom stereocenters. The van der Waals surface area contributed by atoms with Gasteiger partial charge >= 0.3 is 0 Å². The average Bonchev–Trinajstić information content (AvgIpc) is 2.49. The molecule has 4 nitrogen and oxygen atoms in total. The summed E-state index contributed by atoms with van der Waals surface area (Å²) < 4.78 is 5.65. The lowest BCUT2D eigenvalue weighted by molar-refractivity contribution is 0.262. The lowest BCUT2D eigenvalue weighted by atomic mass is 10.0. The van der Waals surface area contributed by atoms with Gasteiger partial charge in [0.05, 0.1) is 12.6 Å². The van der Waals surface area contributed by atoms with Crippen LogP contribution in [0.2, 0.25) is 0 Å². The molecule has 0 aromatic heterocycles. The van der Waals surface area contributed by atoms with E-state index < -0.39 is 0 Å². The van der Waals surface area contributed by atoms with E-state index in [-0.39, 0.29) is 30.0 Å². The molecular weight excluding hydrogens is 377 g/mol. The third-order valence-electron chi connectivity index (χ3n) is 3.96. The molecule has 1 heterocycles. The Balaban J connectivity index is 0.00000220. The van der Waals surface area contributed by atoms with Crippen LogP contribution in [0.1, 0.15) is 44.7 Å². The molecule has 0 fully saturated rings. The summed E-state index contributed by atoms with van der Waals surface area (Å²) in [5.74, 6) is 2.11. The molecule has 1 unspecified atom stereocenters. The van der Waals surface area contributed by atoms with E-state index in [0.29, 0.717) is 18.5 Å². The highest BCUT2D eigenvalue weighted by molar-refractivity contribution is 14.0. The van der Waals surface area contributed by atoms with Crippen LogP contribution in [0.15, 0.2) is 29.3 Å². The van der Waals surface area contributed by atoms with Gasteiger partial charge in [0.25, 0.3) is 0 Å². The van der Waals surface area contributed by atoms with Gasteiger partial charge in [0.1, 0.15) is 5.75 Å². The number of nitrogens with one attached hydrogen (secondary N) is 1. The maximum absolute atomic E-state index is 6.02. The van der Waals surface area contributed by atoms with Crippen molar-refractivity contribution in [3.8, 4) is 5.75 Å². The molecule has 0 saturated carbocycles. The van der Waals surface area contributed by atoms with Crippen LogP contribution in [-0.2, 0) is 0 Å². The first-order valence-electron chi connectivity index (χ1n) is 7.52. The van der Waals surface area contributed by atoms with Crippen LogP contribution >= 0.6 is 24.0 Å². The molecule has 0 aliphatic carbocycles. The first-order chi connectivity index (χ1) is 9.74. The van der Waals surface area contributed by atoms with Crippen LogP contribution < -0.4 is 15.8 Å². The number of nitrogens with zero attached hydrogens (tertiary/aromatic N) is 1. The Labute approximate surface area is 144 Å². The molecular formula is C16H26IN3O. The van der Waals surface area contributed by atoms with Gasteiger partial charge in [-0.1, -0.05) is 44.9 Å². The quantitative estimate of drug-likeness (QED) is 0.450. The van der Waals surface area contributed by atoms with Gasteiger partial charge in [-0.25, -0.2) is 0 Å². The minimum absolute atomic E-state index is 0. The van der Waals surface area contributed by atoms with Crippen molar-refractivity contribution in [2.75, 3.05) is 13.2 Å². The standard InChI is InChI=1S/C16H25N3O.HI/c1-3-12(4-2)11-18-16(17)19-14-9-10-20-15-8-6-5-7-13(14)15;/h5-8,12,14H,3-4,9-11H2,1-2H3,(H3,17,18,19);1H. The van der Waals surface area contributed by atoms with Gasteiger partial charge in [-0.05, 0) is 12.0 Å². The van der Waals surface area contributed by atoms with Crippen LogP contribution in [0, 0.1) is 5.92 Å². The van der Waals surface area contributed by atoms with Crippen molar-refractivity contribution in [3.63, 3.8) is 0 Å². The van der Waals surface area contributed by atoms with Crippen LogP contribution in [-0.4, -0.2) is 19.1 Å². The van der Waals surface area contributed by atoms with E-state index in [0.717, 1.165) is 31.6 Å². The van der Waals surface area contributed by atoms with Gasteiger partial charge < -0.3 is 15.8 Å². The van der Waals surface area contributed by atoms with Crippen LogP contribution in [0.3, 0.4) is 0 Å². The fourth-order valence-corrected chi connectivity index (χ4v) is 2.49. The third kappa shape index (κ3) is 5.05. The third-order valence-corrected chi connectivity index (χ3v) is 3.96. The molecule has 1 aliphatic rings. The fourth-order valence-electron chi connectivity index (χ4n) is 2.49. The second-order valence-corrected chi connectivity index (χ2v) is 5.28. The topological polar surface area (TPSA) is 59.6 Å². The summed E-state index contributed by atoms with van der Waals surface area (Å²) in [6, 6.07) is 8.30. The summed E-state index contributed by atoms with van der Waals surface area (Å²) in [5.41, 5.74) is 7.18. The molecule has 1 aromatic carbocycles. The Morgan fingerprint density at radius 3 is 2.81 bits per heavy atom. The van der Waals surface area contributed by atoms with Crippen molar-refractivity contribution >= 4 is 29.9 Å². The van der Waals surface area contributed by atoms with Crippen molar-refractivity contribution in [1.29, 1.82) is 0 Å². The van der Waals surface area contributed by atoms with Gasteiger partial charge in [-0.15, -0.1) is 24.0 Å². The predicted octanol–water partition coefficient (Wildman–Crippen LogP) is 3.47. The number of ether oxygens (including phenoxy) is 1. The SMILES string of the molecule is CCC(CC)CN=C(N)NC1CCOc2ccccc21.I. The summed E-state index contributed by atoms with van der Waals surface area (Å²) in [7, 11) is 0. The zero-order chi connectivity index (χ0) is 14.4. The zero-order valence-corrected chi connectivity index (χ0v) is 15.2. The van der Waals surface area contributed by atoms with E-state index in [1.165, 1.54) is 5.56 Å². The second-order valence-electron chi connectivity index (χ2n) is 5.28. The van der Waals surface area contributed by atoms with E-state index in [9.17, 15) is 0 Å². The number of rotatable bonds is 5. The van der Waals surface area contributed by atoms with Gasteiger partial charge in [-0.2, -0.15) is 0 Å². The maximum atomic E-state index is 6.02. The Morgan fingerprint density at radius 1 is 1.38 bits per heavy atom. The molecule has 3 N–H and O–H groups in total. The van der Waals surface area contributed by atoms with Gasteiger partial charge in [0, 0.05) is 18.5 Å². The summed E-state index contributed by atoms with van der Waals surface area (Å²) in [5, 5.41) is 3.33. The molecule has 21 heavy (non-hydrogen) atoms. The molecule has 2 rings (SSSR count). The lowest BCUT2D eigenvalue weighted by Gasteiger charge is -2.27. The molecule has 0 bridgehead atoms. The molecule has 1 aromatic rings. The highest BCUT2D eigenvalue weighted by Gasteiger charge is 2.21. The van der Waals surface area contributed by atoms with E-state index >= 15 is 0 Å². The van der Waals surface area contributed by atoms with Crippen molar-refractivity contribution in [2.24, 2.45) is 16.6 Å². The molecule has 0 amide bonds. The summed E-state index contributed by atoms with van der Waals surface area (Å²) in [6.07, 6.45) is 3.21. The minimum Gasteiger partial charge on any atom is -0.493 e. The van der Waals surface area contributed by atoms with Crippen LogP contribution in [0.5, 0.6) is 5.75 Å². The molecule has 0 saturated heterocycles. The van der Waals surface area contributed by atoms with Crippen LogP contribution in [0.25, 0.3) is 0 Å². The average molecular weight is 403 g/mol. The van der Waals surface area contributed by atoms with Crippen molar-refractivity contribution < 1.29 is 4.74 Å². The first-order valence-corrected chi connectivity index (χ1v) is 7.52. The summed E-state index contributed by atoms with van der Waals surface area (Å²) in [6.45, 7) is 5.91. The lowest BCUT2D eigenvalue weighted by Crippen LogP contribution is -2.37. The Kier molecular flexibility index (Phi) is 7.85. The maximum Gasteiger partial charge on any atom is 0.189 e. The molecule has 5 heteroatoms. The highest BCUT2D eigenvalue weighted by atomic mass is 127. The molecule has 0 radical (unpaired) electrons. The Hall–Kier alpha value is -0.980. The number of fused-ring (bicyclic) bond motifs is 1. The normalized spacial score (nSPS) is 17.7. The van der Waals surface area contributed by atoms with E-state index in [1.807, 2.05) is 18.2 Å². The minimum atomic E-state index is 0. The molecule has 0 spiro atoms. The number of hydrogen-bond acceptors (Lipinski definition) is 2. The Morgan fingerprint density at radius 2 is 2.10 bits per heavy atom. The van der Waals surface area contributed by atoms with Crippen molar-refractivity contribution in [2.45, 2.75) is 39.2 Å². The largest absolute Gasteiger partial charge is 0.493 e. The van der Waals surface area contributed by atoms with Gasteiger partial charge in [-0.3, -0.25) is 4.99 Å². The second kappa shape index (κ2) is 9.12. The number of para-hydroxylation sites is 1. The van der Waals surface area contributed by atoms with Crippen LogP contribution in [0.4, 0.5) is 0 Å². The number of hydrogen-bond donors (Lipinski definition) is 2. The zero-order valence-electron chi connectivity index (χ0n) is 12.8. The number of halogens is 1. The predicted molar refractivity (Wildman–Crippen MR) is 98.4 cm³/mol. The molecule has 1 aliphatic heterocycles. The smallest absolute Gasteiger partial charge is 0.189 e. The number of guanidine groups is 1. The fraction of sp³-hybridized carbons (Fsp3) is 0.562. The molecule has 118 valence electrons. The monoisotopic (exact) mass is 403 g/mol.